The normalized spacial score (nSPS) is 16.1. The number of anilines is 2. The molecule has 1 aliphatic heterocycles. The van der Waals surface area contributed by atoms with Crippen molar-refractivity contribution in [3.63, 3.8) is 0 Å². The predicted octanol–water partition coefficient (Wildman–Crippen LogP) is 14.6. The van der Waals surface area contributed by atoms with Gasteiger partial charge in [-0.3, -0.25) is 0 Å². The molecule has 3 aromatic heterocycles. The second-order valence-corrected chi connectivity index (χ2v) is 15.6. The lowest BCUT2D eigenvalue weighted by atomic mass is 9.91. The maximum Gasteiger partial charge on any atom is 0.143 e. The zero-order valence-corrected chi connectivity index (χ0v) is 31.3. The fourth-order valence-corrected chi connectivity index (χ4v) is 9.97. The van der Waals surface area contributed by atoms with Crippen LogP contribution in [0.2, 0.25) is 0 Å². The number of nitrogens with zero attached hydrogens (tertiary/aromatic N) is 2. The molecule has 0 amide bonds. The lowest BCUT2D eigenvalue weighted by Crippen LogP contribution is -2.28. The molecule has 0 radical (unpaired) electrons. The molecule has 0 fully saturated rings. The lowest BCUT2D eigenvalue weighted by Gasteiger charge is -2.29. The Morgan fingerprint density at radius 3 is 1.66 bits per heavy atom. The molecule has 0 saturated heterocycles. The largest absolute Gasteiger partial charge is 0.455 e. The van der Waals surface area contributed by atoms with Gasteiger partial charge in [-0.25, -0.2) is 0 Å². The molecule has 2 atom stereocenters. The SMILES string of the molecule is C1=CC2c3ccccc3N(c3cccc(-c4cccc5c4oc4cc6oc7c(-c8cccc(-n9c%10ccccc%10c%10ccccc%109)c8)cccc7c6cc45)c3)C2C=C1. The van der Waals surface area contributed by atoms with E-state index in [4.69, 9.17) is 8.83 Å². The maximum absolute atomic E-state index is 6.80. The second-order valence-electron chi connectivity index (χ2n) is 15.6. The Labute approximate surface area is 333 Å². The van der Waals surface area contributed by atoms with E-state index < -0.39 is 0 Å². The van der Waals surface area contributed by atoms with Crippen LogP contribution in [0.1, 0.15) is 11.5 Å². The van der Waals surface area contributed by atoms with Gasteiger partial charge >= 0.3 is 0 Å². The highest BCUT2D eigenvalue weighted by molar-refractivity contribution is 6.18. The number of furan rings is 2. The zero-order valence-electron chi connectivity index (χ0n) is 31.3. The summed E-state index contributed by atoms with van der Waals surface area (Å²) in [5, 5.41) is 6.84. The van der Waals surface area contributed by atoms with Crippen molar-refractivity contribution >= 4 is 77.1 Å². The van der Waals surface area contributed by atoms with Crippen molar-refractivity contribution in [2.24, 2.45) is 0 Å². The molecule has 0 N–H and O–H groups in total. The van der Waals surface area contributed by atoms with E-state index in [1.54, 1.807) is 0 Å². The average Bonchev–Trinajstić information content (AvgIpc) is 4.03. The summed E-state index contributed by atoms with van der Waals surface area (Å²) in [6, 6.07) is 61.3. The molecule has 2 aliphatic rings. The fourth-order valence-electron chi connectivity index (χ4n) is 9.97. The van der Waals surface area contributed by atoms with Crippen LogP contribution in [0.3, 0.4) is 0 Å². The van der Waals surface area contributed by atoms with Crippen molar-refractivity contribution in [2.75, 3.05) is 4.90 Å². The summed E-state index contributed by atoms with van der Waals surface area (Å²) in [6.45, 7) is 0. The first kappa shape index (κ1) is 31.6. The van der Waals surface area contributed by atoms with Gasteiger partial charge < -0.3 is 18.3 Å². The molecule has 0 spiro atoms. The standard InChI is InChI=1S/C54H34N2O2/c1-5-25-47-39(17-1)40-18-2-6-26-48(40)55(47)35-15-9-13-33(29-35)37-21-11-23-43-45-31-46-44-24-12-22-38(54(44)58-52(46)32-51(45)57-53(37)43)34-14-10-16-36(30-34)56-49-27-7-3-19-41(49)42-20-4-8-28-50(42)56/h1-32,39,47H. The topological polar surface area (TPSA) is 34.5 Å². The number of allylic oxidation sites excluding steroid dienone is 2. The molecule has 272 valence electrons. The Kier molecular flexibility index (Phi) is 6.53. The zero-order chi connectivity index (χ0) is 37.9. The Balaban J connectivity index is 0.919. The van der Waals surface area contributed by atoms with Crippen LogP contribution in [-0.2, 0) is 0 Å². The van der Waals surface area contributed by atoms with Gasteiger partial charge in [-0.05, 0) is 65.2 Å². The smallest absolute Gasteiger partial charge is 0.143 e. The van der Waals surface area contributed by atoms with Gasteiger partial charge in [0.25, 0.3) is 0 Å². The van der Waals surface area contributed by atoms with Gasteiger partial charge in [-0.15, -0.1) is 0 Å². The van der Waals surface area contributed by atoms with Crippen LogP contribution in [0.4, 0.5) is 11.4 Å². The number of hydrogen-bond donors (Lipinski definition) is 0. The van der Waals surface area contributed by atoms with Crippen LogP contribution in [0.25, 0.3) is 93.6 Å². The first-order valence-corrected chi connectivity index (χ1v) is 20.0. The van der Waals surface area contributed by atoms with E-state index in [9.17, 15) is 0 Å². The van der Waals surface area contributed by atoms with Gasteiger partial charge in [0.05, 0.1) is 17.1 Å². The van der Waals surface area contributed by atoms with Crippen molar-refractivity contribution in [2.45, 2.75) is 12.0 Å². The van der Waals surface area contributed by atoms with E-state index in [1.165, 1.54) is 38.7 Å². The molecule has 4 heteroatoms. The summed E-state index contributed by atoms with van der Waals surface area (Å²) in [6.07, 6.45) is 8.99. The number of fused-ring (bicyclic) bond motifs is 12. The van der Waals surface area contributed by atoms with Crippen LogP contribution in [-0.4, -0.2) is 10.6 Å². The first-order valence-electron chi connectivity index (χ1n) is 20.0. The molecule has 58 heavy (non-hydrogen) atoms. The third-order valence-corrected chi connectivity index (χ3v) is 12.5. The van der Waals surface area contributed by atoms with E-state index >= 15 is 0 Å². The van der Waals surface area contributed by atoms with E-state index in [1.807, 2.05) is 0 Å². The van der Waals surface area contributed by atoms with Crippen LogP contribution >= 0.6 is 0 Å². The number of para-hydroxylation sites is 5. The van der Waals surface area contributed by atoms with E-state index in [0.717, 1.165) is 71.8 Å². The minimum atomic E-state index is 0.245. The van der Waals surface area contributed by atoms with Crippen molar-refractivity contribution < 1.29 is 8.83 Å². The molecule has 1 aliphatic carbocycles. The van der Waals surface area contributed by atoms with E-state index in [-0.39, 0.29) is 6.04 Å². The number of rotatable bonds is 4. The van der Waals surface area contributed by atoms with Crippen LogP contribution < -0.4 is 4.90 Å². The molecular weight excluding hydrogens is 709 g/mol. The van der Waals surface area contributed by atoms with Gasteiger partial charge in [0.15, 0.2) is 0 Å². The highest BCUT2D eigenvalue weighted by atomic mass is 16.3. The molecular formula is C54H34N2O2. The lowest BCUT2D eigenvalue weighted by molar-refractivity contribution is 0.657. The van der Waals surface area contributed by atoms with E-state index in [2.05, 4.69) is 204 Å². The van der Waals surface area contributed by atoms with Crippen molar-refractivity contribution in [1.82, 2.24) is 4.57 Å². The Hall–Kier alpha value is -7.56. The summed E-state index contributed by atoms with van der Waals surface area (Å²) < 4.78 is 15.9. The highest BCUT2D eigenvalue weighted by Crippen LogP contribution is 2.49. The Bertz CT molecular complexity index is 3500. The van der Waals surface area contributed by atoms with Gasteiger partial charge in [-0.2, -0.15) is 0 Å². The fraction of sp³-hybridized carbons (Fsp3) is 0.0370. The monoisotopic (exact) mass is 742 g/mol. The molecule has 13 rings (SSSR count). The Morgan fingerprint density at radius 2 is 0.966 bits per heavy atom. The highest BCUT2D eigenvalue weighted by Gasteiger charge is 2.37. The van der Waals surface area contributed by atoms with Crippen molar-refractivity contribution in [3.05, 3.63) is 200 Å². The Morgan fingerprint density at radius 1 is 0.414 bits per heavy atom. The third kappa shape index (κ3) is 4.45. The summed E-state index contributed by atoms with van der Waals surface area (Å²) in [5.74, 6) is 0.338. The van der Waals surface area contributed by atoms with Crippen LogP contribution in [0.5, 0.6) is 0 Å². The van der Waals surface area contributed by atoms with Gasteiger partial charge in [0, 0.05) is 72.5 Å². The summed E-state index contributed by atoms with van der Waals surface area (Å²) in [7, 11) is 0. The molecule has 0 bridgehead atoms. The first-order chi connectivity index (χ1) is 28.8. The number of aromatic nitrogens is 1. The number of benzene rings is 8. The molecule has 8 aromatic carbocycles. The minimum Gasteiger partial charge on any atom is -0.455 e. The van der Waals surface area contributed by atoms with Gasteiger partial charge in [0.1, 0.15) is 22.3 Å². The van der Waals surface area contributed by atoms with E-state index in [0.29, 0.717) is 5.92 Å². The van der Waals surface area contributed by atoms with Crippen LogP contribution in [0, 0.1) is 0 Å². The second kappa shape index (κ2) is 12.0. The molecule has 4 nitrogen and oxygen atoms in total. The maximum atomic E-state index is 6.80. The molecule has 0 saturated carbocycles. The molecule has 4 heterocycles. The predicted molar refractivity (Wildman–Crippen MR) is 240 cm³/mol. The minimum absolute atomic E-state index is 0.245. The average molecular weight is 743 g/mol. The quantitative estimate of drug-likeness (QED) is 0.180. The third-order valence-electron chi connectivity index (χ3n) is 12.5. The molecule has 11 aromatic rings. The van der Waals surface area contributed by atoms with Crippen LogP contribution in [0.15, 0.2) is 203 Å². The van der Waals surface area contributed by atoms with Gasteiger partial charge in [0.2, 0.25) is 0 Å². The van der Waals surface area contributed by atoms with Gasteiger partial charge in [-0.1, -0.05) is 140 Å². The number of hydrogen-bond acceptors (Lipinski definition) is 3. The summed E-state index contributed by atoms with van der Waals surface area (Å²) >= 11 is 0. The van der Waals surface area contributed by atoms with Crippen molar-refractivity contribution in [1.29, 1.82) is 0 Å². The summed E-state index contributed by atoms with van der Waals surface area (Å²) in [4.78, 5) is 2.48. The summed E-state index contributed by atoms with van der Waals surface area (Å²) in [5.41, 5.74) is 15.1. The van der Waals surface area contributed by atoms with Crippen molar-refractivity contribution in [3.8, 4) is 27.9 Å². The molecule has 2 unspecified atom stereocenters.